The Morgan fingerprint density at radius 1 is 1.11 bits per heavy atom. The zero-order chi connectivity index (χ0) is 20.3. The van der Waals surface area contributed by atoms with Crippen LogP contribution < -0.4 is 10.0 Å². The minimum Gasteiger partial charge on any atom is -0.588 e. The largest absolute Gasteiger partial charge is 0.588 e. The molecule has 144 valence electrons. The van der Waals surface area contributed by atoms with Crippen molar-refractivity contribution in [2.45, 2.75) is 25.7 Å². The highest BCUT2D eigenvalue weighted by Gasteiger charge is 2.18. The Hall–Kier alpha value is -2.61. The second kappa shape index (κ2) is 8.60. The quantitative estimate of drug-likeness (QED) is 0.599. The fourth-order valence-electron chi connectivity index (χ4n) is 2.56. The first-order chi connectivity index (χ1) is 13.3. The first-order valence-corrected chi connectivity index (χ1v) is 10.0. The zero-order valence-electron chi connectivity index (χ0n) is 15.6. The highest BCUT2D eigenvalue weighted by molar-refractivity contribution is 7.92. The van der Waals surface area contributed by atoms with E-state index in [9.17, 15) is 9.35 Å². The summed E-state index contributed by atoms with van der Waals surface area (Å²) in [6, 6.07) is 10.8. The molecular weight excluding hydrogens is 396 g/mol. The van der Waals surface area contributed by atoms with Gasteiger partial charge in [0, 0.05) is 24.9 Å². The number of hydrogen-bond acceptors (Lipinski definition) is 5. The van der Waals surface area contributed by atoms with E-state index in [1.807, 2.05) is 32.0 Å². The van der Waals surface area contributed by atoms with E-state index in [1.165, 1.54) is 6.92 Å². The van der Waals surface area contributed by atoms with Gasteiger partial charge in [-0.2, -0.15) is 0 Å². The average molecular weight is 415 g/mol. The van der Waals surface area contributed by atoms with Crippen LogP contribution in [0, 0.1) is 13.8 Å². The highest BCUT2D eigenvalue weighted by atomic mass is 35.5. The Balaban J connectivity index is 1.88. The number of aryl methyl sites for hydroxylation is 2. The third-order valence-electron chi connectivity index (χ3n) is 3.97. The lowest BCUT2D eigenvalue weighted by molar-refractivity contribution is -0.114. The first kappa shape index (κ1) is 20.1. The van der Waals surface area contributed by atoms with Crippen molar-refractivity contribution in [2.75, 3.05) is 10.0 Å². The molecule has 2 aromatic heterocycles. The molecule has 6 nitrogen and oxygen atoms in total. The van der Waals surface area contributed by atoms with Crippen LogP contribution in [0.5, 0.6) is 0 Å². The molecule has 0 bridgehead atoms. The van der Waals surface area contributed by atoms with Crippen molar-refractivity contribution in [2.24, 2.45) is 0 Å². The Morgan fingerprint density at radius 3 is 2.61 bits per heavy atom. The zero-order valence-corrected chi connectivity index (χ0v) is 17.2. The first-order valence-electron chi connectivity index (χ1n) is 8.49. The van der Waals surface area contributed by atoms with Crippen LogP contribution in [0.3, 0.4) is 0 Å². The van der Waals surface area contributed by atoms with E-state index < -0.39 is 11.4 Å². The van der Waals surface area contributed by atoms with Gasteiger partial charge in [0.25, 0.3) is 0 Å². The van der Waals surface area contributed by atoms with E-state index in [1.54, 1.807) is 30.6 Å². The Bertz CT molecular complexity index is 1030. The van der Waals surface area contributed by atoms with Gasteiger partial charge in [-0.05, 0) is 55.3 Å². The van der Waals surface area contributed by atoms with Gasteiger partial charge in [0.1, 0.15) is 22.9 Å². The summed E-state index contributed by atoms with van der Waals surface area (Å²) in [6.07, 6.45) is 3.33. The number of carbonyl (C=O) groups excluding carboxylic acids is 1. The number of hydrogen-bond donors (Lipinski definition) is 2. The molecule has 8 heteroatoms. The fraction of sp³-hybridized carbons (Fsp3) is 0.150. The molecule has 3 aromatic rings. The molecule has 2 heterocycles. The summed E-state index contributed by atoms with van der Waals surface area (Å²) in [5, 5.41) is 3.10. The lowest BCUT2D eigenvalue weighted by Gasteiger charge is -2.15. The van der Waals surface area contributed by atoms with E-state index in [2.05, 4.69) is 20.0 Å². The molecule has 0 saturated carbocycles. The molecule has 0 saturated heterocycles. The molecule has 0 aliphatic rings. The number of aromatic nitrogens is 2. The van der Waals surface area contributed by atoms with Gasteiger partial charge in [-0.15, -0.1) is 0 Å². The summed E-state index contributed by atoms with van der Waals surface area (Å²) in [5.41, 5.74) is 3.96. The number of amides is 1. The standard InChI is InChI=1S/C20H19ClN4O2S/c1-12-4-5-19(17(21)8-12)28(27)25-18-9-16(11-23-13(18)2)15-6-7-22-20(10-15)24-14(3)26/h4-11,25H,1-3H3,(H,22,24,26). The summed E-state index contributed by atoms with van der Waals surface area (Å²) >= 11 is 4.69. The van der Waals surface area contributed by atoms with Crippen LogP contribution >= 0.6 is 11.6 Å². The molecular formula is C20H19ClN4O2S. The Morgan fingerprint density at radius 2 is 1.89 bits per heavy atom. The van der Waals surface area contributed by atoms with Gasteiger partial charge in [-0.3, -0.25) is 9.78 Å². The Labute approximate surface area is 171 Å². The van der Waals surface area contributed by atoms with Crippen LogP contribution in [0.15, 0.2) is 53.7 Å². The molecule has 1 unspecified atom stereocenters. The number of nitrogens with zero attached hydrogens (tertiary/aromatic N) is 2. The number of anilines is 2. The maximum Gasteiger partial charge on any atom is 0.222 e. The topological polar surface area (TPSA) is 90.0 Å². The van der Waals surface area contributed by atoms with Crippen LogP contribution in [-0.2, 0) is 16.2 Å². The predicted molar refractivity (Wildman–Crippen MR) is 113 cm³/mol. The molecule has 2 N–H and O–H groups in total. The molecule has 0 spiro atoms. The van der Waals surface area contributed by atoms with Gasteiger partial charge in [-0.25, -0.2) is 9.71 Å². The van der Waals surface area contributed by atoms with E-state index in [0.717, 1.165) is 16.7 Å². The number of halogens is 1. The molecule has 1 amide bonds. The molecule has 28 heavy (non-hydrogen) atoms. The maximum atomic E-state index is 12.8. The molecule has 0 aliphatic carbocycles. The summed E-state index contributed by atoms with van der Waals surface area (Å²) in [4.78, 5) is 20.3. The maximum absolute atomic E-state index is 12.8. The Kier molecular flexibility index (Phi) is 6.18. The SMILES string of the molecule is CC(=O)Nc1cc(-c2cnc(C)c(N[S+]([O-])c3ccc(C)cc3Cl)c2)ccn1. The lowest BCUT2D eigenvalue weighted by atomic mass is 10.1. The number of benzene rings is 1. The van der Waals surface area contributed by atoms with E-state index in [0.29, 0.717) is 27.1 Å². The second-order valence-electron chi connectivity index (χ2n) is 6.27. The van der Waals surface area contributed by atoms with Gasteiger partial charge in [-0.1, -0.05) is 17.7 Å². The van der Waals surface area contributed by atoms with Crippen LogP contribution in [0.25, 0.3) is 11.1 Å². The number of pyridine rings is 2. The van der Waals surface area contributed by atoms with Gasteiger partial charge >= 0.3 is 0 Å². The average Bonchev–Trinajstić information content (AvgIpc) is 2.63. The number of rotatable bonds is 5. The molecule has 0 radical (unpaired) electrons. The van der Waals surface area contributed by atoms with Crippen molar-refractivity contribution in [1.82, 2.24) is 9.97 Å². The van der Waals surface area contributed by atoms with Crippen molar-refractivity contribution >= 4 is 40.4 Å². The van der Waals surface area contributed by atoms with Crippen LogP contribution in [0.1, 0.15) is 18.2 Å². The highest BCUT2D eigenvalue weighted by Crippen LogP contribution is 2.29. The summed E-state index contributed by atoms with van der Waals surface area (Å²) in [6.45, 7) is 5.18. The van der Waals surface area contributed by atoms with Crippen molar-refractivity contribution in [3.63, 3.8) is 0 Å². The molecule has 0 fully saturated rings. The molecule has 1 atom stereocenters. The molecule has 1 aromatic carbocycles. The summed E-state index contributed by atoms with van der Waals surface area (Å²) in [5.74, 6) is 0.259. The van der Waals surface area contributed by atoms with Crippen LogP contribution in [0.2, 0.25) is 5.02 Å². The van der Waals surface area contributed by atoms with Gasteiger partial charge < -0.3 is 9.87 Å². The monoisotopic (exact) mass is 414 g/mol. The fourth-order valence-corrected chi connectivity index (χ4v) is 3.95. The third-order valence-corrected chi connectivity index (χ3v) is 5.56. The van der Waals surface area contributed by atoms with Crippen molar-refractivity contribution in [1.29, 1.82) is 0 Å². The van der Waals surface area contributed by atoms with E-state index >= 15 is 0 Å². The second-order valence-corrected chi connectivity index (χ2v) is 7.86. The normalized spacial score (nSPS) is 11.8. The van der Waals surface area contributed by atoms with Gasteiger partial charge in [0.05, 0.1) is 10.7 Å². The molecule has 0 aliphatic heterocycles. The van der Waals surface area contributed by atoms with Crippen molar-refractivity contribution < 1.29 is 9.35 Å². The van der Waals surface area contributed by atoms with Crippen molar-refractivity contribution in [3.8, 4) is 11.1 Å². The number of nitrogens with one attached hydrogen (secondary N) is 2. The lowest BCUT2D eigenvalue weighted by Crippen LogP contribution is -2.15. The van der Waals surface area contributed by atoms with Gasteiger partial charge in [0.2, 0.25) is 5.91 Å². The summed E-state index contributed by atoms with van der Waals surface area (Å²) < 4.78 is 15.7. The van der Waals surface area contributed by atoms with E-state index in [-0.39, 0.29) is 5.91 Å². The van der Waals surface area contributed by atoms with Crippen LogP contribution in [-0.4, -0.2) is 20.4 Å². The molecule has 3 rings (SSSR count). The number of carbonyl (C=O) groups is 1. The third kappa shape index (κ3) is 4.81. The summed E-state index contributed by atoms with van der Waals surface area (Å²) in [7, 11) is 0. The van der Waals surface area contributed by atoms with Crippen molar-refractivity contribution in [3.05, 3.63) is 65.1 Å². The minimum atomic E-state index is -1.53. The predicted octanol–water partition coefficient (Wildman–Crippen LogP) is 4.51. The van der Waals surface area contributed by atoms with Crippen LogP contribution in [0.4, 0.5) is 11.5 Å². The minimum absolute atomic E-state index is 0.195. The van der Waals surface area contributed by atoms with E-state index in [4.69, 9.17) is 11.6 Å². The smallest absolute Gasteiger partial charge is 0.222 e. The van der Waals surface area contributed by atoms with Gasteiger partial charge in [0.15, 0.2) is 4.90 Å².